The van der Waals surface area contributed by atoms with Crippen molar-refractivity contribution in [2.45, 2.75) is 32.2 Å². The third-order valence-corrected chi connectivity index (χ3v) is 5.66. The fourth-order valence-electron chi connectivity index (χ4n) is 4.08. The van der Waals surface area contributed by atoms with Crippen molar-refractivity contribution in [1.82, 2.24) is 4.90 Å². The van der Waals surface area contributed by atoms with Crippen LogP contribution in [0.3, 0.4) is 0 Å². The van der Waals surface area contributed by atoms with Gasteiger partial charge in [-0.2, -0.15) is 0 Å². The molecular formula is C24H28N4O2. The summed E-state index contributed by atoms with van der Waals surface area (Å²) in [6.45, 7) is 5.18. The summed E-state index contributed by atoms with van der Waals surface area (Å²) < 4.78 is 0. The zero-order valence-electron chi connectivity index (χ0n) is 17.2. The molecule has 2 fully saturated rings. The number of hydrogen-bond acceptors (Lipinski definition) is 5. The van der Waals surface area contributed by atoms with Crippen LogP contribution in [0.1, 0.15) is 36.8 Å². The van der Waals surface area contributed by atoms with Gasteiger partial charge >= 0.3 is 5.82 Å². The van der Waals surface area contributed by atoms with Crippen LogP contribution in [0.25, 0.3) is 0 Å². The molecule has 0 spiro atoms. The van der Waals surface area contributed by atoms with Crippen molar-refractivity contribution < 1.29 is 10.5 Å². The number of likely N-dealkylation sites (tertiary alicyclic amines) is 1. The Hall–Kier alpha value is -3.01. The summed E-state index contributed by atoms with van der Waals surface area (Å²) >= 11 is 0. The van der Waals surface area contributed by atoms with E-state index in [1.165, 1.54) is 37.1 Å². The first-order valence-corrected chi connectivity index (χ1v) is 10.4. The van der Waals surface area contributed by atoms with Gasteiger partial charge in [0.2, 0.25) is 0 Å². The lowest BCUT2D eigenvalue weighted by Crippen LogP contribution is -2.34. The van der Waals surface area contributed by atoms with Crippen LogP contribution in [0.4, 0.5) is 11.5 Å². The maximum Gasteiger partial charge on any atom is 0.304 e. The van der Waals surface area contributed by atoms with Crippen molar-refractivity contribution in [3.63, 3.8) is 0 Å². The molecule has 3 heterocycles. The highest BCUT2D eigenvalue weighted by atomic mass is 16.3. The van der Waals surface area contributed by atoms with E-state index < -0.39 is 0 Å². The smallest absolute Gasteiger partial charge is 0.304 e. The van der Waals surface area contributed by atoms with Gasteiger partial charge in [0.05, 0.1) is 19.3 Å². The minimum absolute atomic E-state index is 0. The van der Waals surface area contributed by atoms with Crippen LogP contribution in [0.2, 0.25) is 0 Å². The summed E-state index contributed by atoms with van der Waals surface area (Å²) in [6, 6.07) is 12.1. The highest BCUT2D eigenvalue weighted by Gasteiger charge is 2.24. The summed E-state index contributed by atoms with van der Waals surface area (Å²) in [5.41, 5.74) is 4.25. The minimum Gasteiger partial charge on any atom is -0.870 e. The Kier molecular flexibility index (Phi) is 7.72. The number of hydrogen-bond donors (Lipinski definition) is 0. The molecule has 2 N–H and O–H groups in total. The van der Waals surface area contributed by atoms with Gasteiger partial charge in [0.1, 0.15) is 0 Å². The van der Waals surface area contributed by atoms with Crippen molar-refractivity contribution in [1.29, 1.82) is 0 Å². The monoisotopic (exact) mass is 404 g/mol. The van der Waals surface area contributed by atoms with E-state index in [4.69, 9.17) is 0 Å². The Balaban J connectivity index is 0.00000256. The highest BCUT2D eigenvalue weighted by Crippen LogP contribution is 2.27. The van der Waals surface area contributed by atoms with E-state index in [1.807, 2.05) is 6.20 Å². The topological polar surface area (TPSA) is 80.1 Å². The Bertz CT molecular complexity index is 945. The Morgan fingerprint density at radius 2 is 1.87 bits per heavy atom. The molecule has 156 valence electrons. The van der Waals surface area contributed by atoms with Gasteiger partial charge in [-0.05, 0) is 67.0 Å². The molecule has 4 rings (SSSR count). The third-order valence-electron chi connectivity index (χ3n) is 5.66. The van der Waals surface area contributed by atoms with Gasteiger partial charge in [0, 0.05) is 24.9 Å². The van der Waals surface area contributed by atoms with Gasteiger partial charge in [-0.1, -0.05) is 29.5 Å². The molecule has 6 heteroatoms. The van der Waals surface area contributed by atoms with Crippen LogP contribution in [0.15, 0.2) is 59.4 Å². The number of nitrogens with zero attached hydrogens (tertiary/aromatic N) is 3. The van der Waals surface area contributed by atoms with Crippen LogP contribution in [0, 0.1) is 16.7 Å². The second kappa shape index (κ2) is 10.7. The number of allylic oxidation sites excluding steroid dienone is 1. The van der Waals surface area contributed by atoms with Crippen LogP contribution in [-0.4, -0.2) is 36.6 Å². The first kappa shape index (κ1) is 21.7. The second-order valence-corrected chi connectivity index (χ2v) is 7.74. The lowest BCUT2D eigenvalue weighted by atomic mass is 10.0. The molecule has 0 amide bonds. The highest BCUT2D eigenvalue weighted by molar-refractivity contribution is 5.58. The fraction of sp³-hybridized carbons (Fsp3) is 0.375. The Morgan fingerprint density at radius 1 is 1.07 bits per heavy atom. The zero-order valence-corrected chi connectivity index (χ0v) is 17.2. The predicted molar refractivity (Wildman–Crippen MR) is 118 cm³/mol. The average Bonchev–Trinajstić information content (AvgIpc) is 3.27. The predicted octanol–water partition coefficient (Wildman–Crippen LogP) is 3.90. The third kappa shape index (κ3) is 5.53. The number of nitrogens with one attached hydrogen (secondary N) is 1. The van der Waals surface area contributed by atoms with Gasteiger partial charge in [-0.25, -0.2) is 4.98 Å². The van der Waals surface area contributed by atoms with Gasteiger partial charge in [0.25, 0.3) is 0 Å². The largest absolute Gasteiger partial charge is 0.870 e. The lowest BCUT2D eigenvalue weighted by Gasteiger charge is -2.23. The normalized spacial score (nSPS) is 16.4. The van der Waals surface area contributed by atoms with E-state index in [0.717, 1.165) is 43.9 Å². The molecule has 0 saturated carbocycles. The minimum atomic E-state index is 0. The maximum absolute atomic E-state index is 11.0. The Labute approximate surface area is 177 Å². The molecule has 2 aliphatic rings. The number of aromatic amines is 1. The molecule has 6 nitrogen and oxygen atoms in total. The molecule has 0 atom stereocenters. The van der Waals surface area contributed by atoms with Crippen molar-refractivity contribution >= 4 is 11.5 Å². The summed E-state index contributed by atoms with van der Waals surface area (Å²) in [6.07, 6.45) is 8.44. The zero-order chi connectivity index (χ0) is 19.9. The van der Waals surface area contributed by atoms with E-state index in [1.54, 1.807) is 12.1 Å². The van der Waals surface area contributed by atoms with Crippen LogP contribution < -0.4 is 9.88 Å². The number of H-pyrrole nitrogens is 1. The van der Waals surface area contributed by atoms with Crippen LogP contribution >= 0.6 is 0 Å². The molecular weight excluding hydrogens is 376 g/mol. The van der Waals surface area contributed by atoms with Gasteiger partial charge in [-0.3, -0.25) is 9.80 Å². The van der Waals surface area contributed by atoms with Crippen molar-refractivity contribution in [3.05, 3.63) is 70.3 Å². The maximum atomic E-state index is 11.0. The number of rotatable bonds is 4. The van der Waals surface area contributed by atoms with Crippen molar-refractivity contribution in [3.8, 4) is 11.8 Å². The fourth-order valence-corrected chi connectivity index (χ4v) is 4.08. The van der Waals surface area contributed by atoms with Crippen molar-refractivity contribution in [2.75, 3.05) is 31.1 Å². The number of aromatic nitrogens is 1. The number of anilines is 1. The number of pyridine rings is 1. The van der Waals surface area contributed by atoms with E-state index in [0.29, 0.717) is 5.69 Å². The van der Waals surface area contributed by atoms with Gasteiger partial charge < -0.3 is 5.48 Å². The molecule has 2 saturated heterocycles. The molecule has 0 radical (unpaired) electrons. The Morgan fingerprint density at radius 3 is 2.63 bits per heavy atom. The summed E-state index contributed by atoms with van der Waals surface area (Å²) in [7, 11) is 0. The number of piperidine rings is 1. The molecule has 0 bridgehead atoms. The van der Waals surface area contributed by atoms with Crippen LogP contribution in [-0.2, 0) is 6.54 Å². The van der Waals surface area contributed by atoms with Crippen LogP contribution in [0.5, 0.6) is 0 Å². The molecule has 1 aromatic carbocycles. The molecule has 2 aliphatic heterocycles. The van der Waals surface area contributed by atoms with E-state index in [9.17, 15) is 4.91 Å². The number of nitroso groups, excluding NO2 is 1. The standard InChI is InChI=1S/C24H26N4O.H2O/c29-26-23-10-5-13-25-24(23)28-16-11-20(12-17-28)6-3-7-21-8-4-9-22(18-21)19-27-14-1-2-15-27;/h4-6,8-10,13,18H,1-2,11-12,14-17,19H2;1H2. The van der Waals surface area contributed by atoms with E-state index in [2.05, 4.69) is 62.1 Å². The quantitative estimate of drug-likeness (QED) is 0.572. The number of benzene rings is 1. The molecule has 30 heavy (non-hydrogen) atoms. The van der Waals surface area contributed by atoms with Crippen molar-refractivity contribution in [2.24, 2.45) is 5.18 Å². The molecule has 0 aliphatic carbocycles. The lowest BCUT2D eigenvalue weighted by molar-refractivity contribution is -0.363. The molecule has 0 unspecified atom stereocenters. The van der Waals surface area contributed by atoms with E-state index >= 15 is 0 Å². The van der Waals surface area contributed by atoms with Gasteiger partial charge in [0.15, 0.2) is 5.69 Å². The van der Waals surface area contributed by atoms with E-state index in [-0.39, 0.29) is 5.48 Å². The van der Waals surface area contributed by atoms with Gasteiger partial charge in [-0.15, -0.1) is 4.91 Å². The molecule has 1 aromatic heterocycles. The average molecular weight is 405 g/mol. The SMILES string of the molecule is O=Nc1ccc[nH+]c1N1CCC(=CC#Cc2cccc(CN3CCCC3)c2)CC1.[OH-]. The first-order chi connectivity index (χ1) is 14.3. The summed E-state index contributed by atoms with van der Waals surface area (Å²) in [5.74, 6) is 7.35. The second-order valence-electron chi connectivity index (χ2n) is 7.74. The summed E-state index contributed by atoms with van der Waals surface area (Å²) in [5, 5.41) is 3.12. The molecule has 2 aromatic rings. The first-order valence-electron chi connectivity index (χ1n) is 10.4. The summed E-state index contributed by atoms with van der Waals surface area (Å²) in [4.78, 5) is 18.8.